The molecule has 2 saturated heterocycles. The number of carbonyl (C=O) groups excluding carboxylic acids is 1. The molecule has 6 nitrogen and oxygen atoms in total. The van der Waals surface area contributed by atoms with Gasteiger partial charge in [-0.3, -0.25) is 0 Å². The van der Waals surface area contributed by atoms with E-state index in [1.54, 1.807) is 0 Å². The molecule has 120 valence electrons. The van der Waals surface area contributed by atoms with Crippen LogP contribution in [0.4, 0.5) is 4.79 Å². The van der Waals surface area contributed by atoms with Crippen LogP contribution >= 0.6 is 0 Å². The Morgan fingerprint density at radius 3 is 2.77 bits per heavy atom. The third-order valence-corrected chi connectivity index (χ3v) is 4.00. The van der Waals surface area contributed by atoms with Crippen molar-refractivity contribution < 1.29 is 19.0 Å². The Kier molecular flexibility index (Phi) is 4.92. The monoisotopic (exact) mass is 306 g/mol. The van der Waals surface area contributed by atoms with Crippen LogP contribution in [0.25, 0.3) is 0 Å². The fourth-order valence-corrected chi connectivity index (χ4v) is 2.91. The topological polar surface area (TPSA) is 68.8 Å². The van der Waals surface area contributed by atoms with E-state index in [-0.39, 0.29) is 24.4 Å². The highest BCUT2D eigenvalue weighted by Crippen LogP contribution is 2.29. The Labute approximate surface area is 130 Å². The summed E-state index contributed by atoms with van der Waals surface area (Å²) in [5.74, 6) is 0. The maximum atomic E-state index is 11.5. The van der Waals surface area contributed by atoms with Crippen LogP contribution in [0.2, 0.25) is 0 Å². The number of amides is 1. The number of hydrogen-bond acceptors (Lipinski definition) is 5. The van der Waals surface area contributed by atoms with E-state index in [4.69, 9.17) is 14.2 Å². The van der Waals surface area contributed by atoms with E-state index in [9.17, 15) is 4.79 Å². The molecule has 3 rings (SSSR count). The quantitative estimate of drug-likeness (QED) is 0.851. The smallest absolute Gasteiger partial charge is 0.407 e. The summed E-state index contributed by atoms with van der Waals surface area (Å²) in [6.07, 6.45) is -1.000. The summed E-state index contributed by atoms with van der Waals surface area (Å²) in [6.45, 7) is 4.12. The lowest BCUT2D eigenvalue weighted by Gasteiger charge is -2.18. The first-order valence-corrected chi connectivity index (χ1v) is 7.73. The third-order valence-electron chi connectivity index (χ3n) is 4.00. The molecule has 1 aromatic carbocycles. The van der Waals surface area contributed by atoms with Gasteiger partial charge < -0.3 is 24.8 Å². The Morgan fingerprint density at radius 2 is 2.00 bits per heavy atom. The largest absolute Gasteiger partial charge is 0.441 e. The van der Waals surface area contributed by atoms with Gasteiger partial charge in [0.25, 0.3) is 0 Å². The molecule has 2 heterocycles. The molecule has 0 saturated carbocycles. The Bertz CT molecular complexity index is 496. The Balaban J connectivity index is 1.50. The van der Waals surface area contributed by atoms with Crippen molar-refractivity contribution >= 4 is 6.09 Å². The van der Waals surface area contributed by atoms with Crippen molar-refractivity contribution in [3.05, 3.63) is 35.9 Å². The number of ether oxygens (including phenoxy) is 3. The molecule has 0 unspecified atom stereocenters. The first-order valence-electron chi connectivity index (χ1n) is 7.73. The highest BCUT2D eigenvalue weighted by molar-refractivity contribution is 5.67. The van der Waals surface area contributed by atoms with Gasteiger partial charge in [-0.1, -0.05) is 30.3 Å². The van der Waals surface area contributed by atoms with Crippen LogP contribution < -0.4 is 10.6 Å². The van der Waals surface area contributed by atoms with Crippen molar-refractivity contribution in [2.24, 2.45) is 0 Å². The summed E-state index contributed by atoms with van der Waals surface area (Å²) in [6, 6.07) is 10.3. The molecule has 2 N–H and O–H groups in total. The fraction of sp³-hybridized carbons (Fsp3) is 0.562. The van der Waals surface area contributed by atoms with Crippen molar-refractivity contribution in [3.8, 4) is 0 Å². The van der Waals surface area contributed by atoms with Gasteiger partial charge in [0.1, 0.15) is 12.2 Å². The maximum absolute atomic E-state index is 11.5. The van der Waals surface area contributed by atoms with Crippen LogP contribution in [0.1, 0.15) is 12.5 Å². The second-order valence-corrected chi connectivity index (χ2v) is 5.54. The predicted molar refractivity (Wildman–Crippen MR) is 80.5 cm³/mol. The molecule has 0 bridgehead atoms. The van der Waals surface area contributed by atoms with Crippen molar-refractivity contribution in [1.29, 1.82) is 0 Å². The van der Waals surface area contributed by atoms with E-state index < -0.39 is 6.09 Å². The summed E-state index contributed by atoms with van der Waals surface area (Å²) in [4.78, 5) is 11.5. The third kappa shape index (κ3) is 3.40. The zero-order valence-corrected chi connectivity index (χ0v) is 12.7. The Morgan fingerprint density at radius 1 is 1.23 bits per heavy atom. The highest BCUT2D eigenvalue weighted by atomic mass is 16.6. The molecule has 22 heavy (non-hydrogen) atoms. The van der Waals surface area contributed by atoms with Gasteiger partial charge in [-0.15, -0.1) is 0 Å². The normalized spacial score (nSPS) is 30.0. The van der Waals surface area contributed by atoms with E-state index in [0.29, 0.717) is 19.8 Å². The second-order valence-electron chi connectivity index (χ2n) is 5.54. The van der Waals surface area contributed by atoms with Crippen LogP contribution in [-0.2, 0) is 20.8 Å². The van der Waals surface area contributed by atoms with Gasteiger partial charge in [0.15, 0.2) is 6.10 Å². The molecule has 1 amide bonds. The van der Waals surface area contributed by atoms with Gasteiger partial charge in [0.2, 0.25) is 0 Å². The summed E-state index contributed by atoms with van der Waals surface area (Å²) in [7, 11) is 0. The second kappa shape index (κ2) is 7.09. The van der Waals surface area contributed by atoms with Gasteiger partial charge in [-0.25, -0.2) is 4.79 Å². The van der Waals surface area contributed by atoms with Crippen LogP contribution in [0.3, 0.4) is 0 Å². The van der Waals surface area contributed by atoms with Gasteiger partial charge in [-0.2, -0.15) is 0 Å². The lowest BCUT2D eigenvalue weighted by molar-refractivity contribution is 0.00400. The number of fused-ring (bicyclic) bond motifs is 1. The zero-order valence-electron chi connectivity index (χ0n) is 12.7. The Hall–Kier alpha value is -1.63. The number of hydrogen-bond donors (Lipinski definition) is 2. The zero-order chi connectivity index (χ0) is 15.4. The van der Waals surface area contributed by atoms with Crippen molar-refractivity contribution in [2.75, 3.05) is 19.8 Å². The van der Waals surface area contributed by atoms with E-state index in [0.717, 1.165) is 6.54 Å². The number of carbonyl (C=O) groups is 1. The van der Waals surface area contributed by atoms with Gasteiger partial charge in [0.05, 0.1) is 19.3 Å². The minimum Gasteiger partial charge on any atom is -0.441 e. The molecule has 0 aliphatic carbocycles. The van der Waals surface area contributed by atoms with E-state index in [1.807, 2.05) is 25.1 Å². The van der Waals surface area contributed by atoms with E-state index >= 15 is 0 Å². The molecule has 0 radical (unpaired) electrons. The molecule has 0 spiro atoms. The number of alkyl carbamates (subject to hydrolysis) is 1. The predicted octanol–water partition coefficient (Wildman–Crippen LogP) is 1.06. The summed E-state index contributed by atoms with van der Waals surface area (Å²) >= 11 is 0. The minimum atomic E-state index is -0.416. The van der Waals surface area contributed by atoms with Crippen molar-refractivity contribution in [1.82, 2.24) is 10.6 Å². The maximum Gasteiger partial charge on any atom is 0.407 e. The molecule has 0 aromatic heterocycles. The van der Waals surface area contributed by atoms with E-state index in [1.165, 1.54) is 5.56 Å². The molecule has 2 fully saturated rings. The van der Waals surface area contributed by atoms with Gasteiger partial charge in [-0.05, 0) is 12.5 Å². The average Bonchev–Trinajstić information content (AvgIpc) is 3.10. The summed E-state index contributed by atoms with van der Waals surface area (Å²) in [5.41, 5.74) is 1.22. The molecule has 2 aliphatic heterocycles. The standard InChI is InChI=1S/C16H22N2O4/c1-2-17-16(19)22-13-10-21-14-12(9-20-15(13)14)18-8-11-6-4-3-5-7-11/h3-7,12-15,18H,2,8-10H2,1H3,(H,17,19)/t12-,13-,14-,15+/m0/s1. The SMILES string of the molecule is CCNC(=O)O[C@H]1CO[C@@H]2[C@@H]1OC[C@@H]2NCc1ccccc1. The molecular formula is C16H22N2O4. The molecule has 2 aliphatic rings. The molecular weight excluding hydrogens is 284 g/mol. The van der Waals surface area contributed by atoms with Crippen LogP contribution in [0, 0.1) is 0 Å². The average molecular weight is 306 g/mol. The fourth-order valence-electron chi connectivity index (χ4n) is 2.91. The molecule has 6 heteroatoms. The minimum absolute atomic E-state index is 0.0665. The highest BCUT2D eigenvalue weighted by Gasteiger charge is 2.49. The first-order chi connectivity index (χ1) is 10.8. The first kappa shape index (κ1) is 15.3. The summed E-state index contributed by atoms with van der Waals surface area (Å²) in [5, 5.41) is 6.08. The van der Waals surface area contributed by atoms with Crippen LogP contribution in [-0.4, -0.2) is 50.2 Å². The van der Waals surface area contributed by atoms with Crippen molar-refractivity contribution in [3.63, 3.8) is 0 Å². The molecule has 1 aromatic rings. The number of benzene rings is 1. The lowest BCUT2D eigenvalue weighted by Crippen LogP contribution is -2.41. The van der Waals surface area contributed by atoms with Crippen LogP contribution in [0.5, 0.6) is 0 Å². The van der Waals surface area contributed by atoms with Gasteiger partial charge in [0, 0.05) is 13.1 Å². The van der Waals surface area contributed by atoms with E-state index in [2.05, 4.69) is 22.8 Å². The number of rotatable bonds is 5. The van der Waals surface area contributed by atoms with Crippen molar-refractivity contribution in [2.45, 2.75) is 37.8 Å². The summed E-state index contributed by atoms with van der Waals surface area (Å²) < 4.78 is 16.9. The lowest BCUT2D eigenvalue weighted by atomic mass is 10.1. The molecule has 4 atom stereocenters. The number of nitrogens with one attached hydrogen (secondary N) is 2. The van der Waals surface area contributed by atoms with Gasteiger partial charge >= 0.3 is 6.09 Å². The van der Waals surface area contributed by atoms with Crippen LogP contribution in [0.15, 0.2) is 30.3 Å².